The van der Waals surface area contributed by atoms with Crippen LogP contribution in [-0.4, -0.2) is 66.5 Å². The second-order valence-corrected chi connectivity index (χ2v) is 5.22. The van der Waals surface area contributed by atoms with E-state index in [-0.39, 0.29) is 13.0 Å². The molecule has 0 aromatic carbocycles. The summed E-state index contributed by atoms with van der Waals surface area (Å²) in [7, 11) is 2.84. The average Bonchev–Trinajstić information content (AvgIpc) is 2.24. The molecule has 0 saturated heterocycles. The van der Waals surface area contributed by atoms with Gasteiger partial charge in [-0.2, -0.15) is 0 Å². The molecule has 2 atom stereocenters. The predicted molar refractivity (Wildman–Crippen MR) is 70.6 cm³/mol. The van der Waals surface area contributed by atoms with Crippen LogP contribution in [0.15, 0.2) is 0 Å². The molecule has 0 saturated carbocycles. The van der Waals surface area contributed by atoms with Crippen LogP contribution in [0.4, 0.5) is 0 Å². The molecule has 0 aromatic heterocycles. The minimum Gasteiger partial charge on any atom is -0.481 e. The van der Waals surface area contributed by atoms with Crippen molar-refractivity contribution in [3.8, 4) is 0 Å². The maximum absolute atomic E-state index is 11.7. The number of hydrogen-bond donors (Lipinski definition) is 2. The Morgan fingerprint density at radius 1 is 1.37 bits per heavy atom. The van der Waals surface area contributed by atoms with Crippen LogP contribution >= 0.6 is 0 Å². The minimum absolute atomic E-state index is 0.154. The van der Waals surface area contributed by atoms with Crippen molar-refractivity contribution in [1.82, 2.24) is 0 Å². The minimum atomic E-state index is -2.36. The van der Waals surface area contributed by atoms with Crippen molar-refractivity contribution in [3.05, 3.63) is 0 Å². The Bertz CT molecular complexity index is 384. The summed E-state index contributed by atoms with van der Waals surface area (Å²) in [6, 6.07) is 0. The molecule has 0 spiro atoms. The molecule has 0 bridgehead atoms. The van der Waals surface area contributed by atoms with Crippen LogP contribution in [0.25, 0.3) is 0 Å². The fraction of sp³-hybridized carbons (Fsp3) is 0.846. The van der Waals surface area contributed by atoms with E-state index in [1.54, 1.807) is 0 Å². The predicted octanol–water partition coefficient (Wildman–Crippen LogP) is 0.630. The van der Waals surface area contributed by atoms with Gasteiger partial charge in [0.25, 0.3) is 0 Å². The molecular formula is C13H26NO5+. The van der Waals surface area contributed by atoms with E-state index >= 15 is 0 Å². The van der Waals surface area contributed by atoms with Gasteiger partial charge in [-0.25, -0.2) is 0 Å². The number of likely N-dealkylation sites (N-methyl/N-ethyl adjacent to an activating group) is 1. The topological polar surface area (TPSA) is 83.8 Å². The monoisotopic (exact) mass is 279 g/mol. The van der Waals surface area contributed by atoms with E-state index in [9.17, 15) is 14.7 Å². The summed E-state index contributed by atoms with van der Waals surface area (Å²) >= 11 is 0. The molecule has 0 heterocycles. The normalized spacial score (nSPS) is 17.8. The lowest BCUT2D eigenvalue weighted by atomic mass is 10.1. The molecule has 0 aliphatic rings. The third-order valence-corrected chi connectivity index (χ3v) is 2.38. The quantitative estimate of drug-likeness (QED) is 0.478. The lowest BCUT2D eigenvalue weighted by Gasteiger charge is -2.28. The number of quaternary nitrogens is 1. The van der Waals surface area contributed by atoms with Gasteiger partial charge in [0.15, 0.2) is 6.10 Å². The van der Waals surface area contributed by atoms with Gasteiger partial charge in [-0.05, 0) is 6.42 Å². The van der Waals surface area contributed by atoms with Crippen LogP contribution in [0.3, 0.4) is 0 Å². The average molecular weight is 279 g/mol. The lowest BCUT2D eigenvalue weighted by molar-refractivity contribution is -0.873. The number of carbonyl (C=O) groups is 2. The Kier molecular flexibility index (Phi) is 5.50. The van der Waals surface area contributed by atoms with Crippen molar-refractivity contribution in [2.45, 2.75) is 44.8 Å². The first-order valence-corrected chi connectivity index (χ1v) is 6.31. The van der Waals surface area contributed by atoms with Crippen LogP contribution < -0.4 is 0 Å². The van der Waals surface area contributed by atoms with E-state index in [2.05, 4.69) is 0 Å². The van der Waals surface area contributed by atoms with Crippen LogP contribution in [0.2, 0.25) is 0 Å². The summed E-state index contributed by atoms with van der Waals surface area (Å²) < 4.78 is 26.9. The van der Waals surface area contributed by atoms with E-state index in [4.69, 9.17) is 14.0 Å². The van der Waals surface area contributed by atoms with Crippen molar-refractivity contribution >= 4 is 11.9 Å². The second kappa shape index (κ2) is 8.12. The zero-order valence-corrected chi connectivity index (χ0v) is 11.8. The highest BCUT2D eigenvalue weighted by Gasteiger charge is 2.25. The summed E-state index contributed by atoms with van der Waals surface area (Å²) in [5.41, 5.74) is 0. The lowest BCUT2D eigenvalue weighted by Crippen LogP contribution is -2.44. The van der Waals surface area contributed by atoms with Crippen molar-refractivity contribution in [2.75, 3.05) is 27.6 Å². The summed E-state index contributed by atoms with van der Waals surface area (Å²) in [6.07, 6.45) is -1.47. The van der Waals surface area contributed by atoms with E-state index in [1.807, 2.05) is 6.92 Å². The highest BCUT2D eigenvalue weighted by atomic mass is 16.5. The van der Waals surface area contributed by atoms with Crippen LogP contribution in [0, 0.1) is 0 Å². The largest absolute Gasteiger partial charge is 0.481 e. The van der Waals surface area contributed by atoms with E-state index in [0.717, 1.165) is 0 Å². The van der Waals surface area contributed by atoms with Gasteiger partial charge in [-0.1, -0.05) is 13.3 Å². The number of rotatable bonds is 9. The van der Waals surface area contributed by atoms with Gasteiger partial charge in [-0.3, -0.25) is 9.59 Å². The van der Waals surface area contributed by atoms with Crippen LogP contribution in [0.5, 0.6) is 0 Å². The van der Waals surface area contributed by atoms with Crippen molar-refractivity contribution in [1.29, 1.82) is 0 Å². The van der Waals surface area contributed by atoms with Gasteiger partial charge in [0, 0.05) is 0 Å². The molecule has 0 rings (SSSR count). The third kappa shape index (κ3) is 10.5. The first-order chi connectivity index (χ1) is 9.89. The Hall–Kier alpha value is -1.14. The molecule has 2 N–H and O–H groups in total. The van der Waals surface area contributed by atoms with E-state index < -0.39 is 42.0 Å². The van der Waals surface area contributed by atoms with Gasteiger partial charge in [-0.15, -0.1) is 0 Å². The summed E-state index contributed by atoms with van der Waals surface area (Å²) in [5, 5.41) is 18.4. The number of carboxylic acids is 1. The Labute approximate surface area is 118 Å². The molecule has 0 aliphatic carbocycles. The van der Waals surface area contributed by atoms with Crippen molar-refractivity contribution < 1.29 is 33.1 Å². The van der Waals surface area contributed by atoms with Gasteiger partial charge in [0.2, 0.25) is 0 Å². The Morgan fingerprint density at radius 2 is 2.00 bits per heavy atom. The molecule has 0 amide bonds. The number of hydrogen-bond acceptors (Lipinski definition) is 4. The molecule has 112 valence electrons. The van der Waals surface area contributed by atoms with Gasteiger partial charge in [0.05, 0.1) is 44.1 Å². The summed E-state index contributed by atoms with van der Waals surface area (Å²) in [4.78, 5) is 22.6. The number of ether oxygens (including phenoxy) is 1. The Balaban J connectivity index is 4.79. The number of nitrogens with zero attached hydrogens (tertiary/aromatic N) is 1. The third-order valence-electron chi connectivity index (χ3n) is 2.38. The zero-order chi connectivity index (χ0) is 17.6. The fourth-order valence-electron chi connectivity index (χ4n) is 1.71. The first kappa shape index (κ1) is 12.9. The van der Waals surface area contributed by atoms with Crippen LogP contribution in [0.1, 0.15) is 36.7 Å². The zero-order valence-electron chi connectivity index (χ0n) is 14.8. The van der Waals surface area contributed by atoms with Crippen molar-refractivity contribution in [3.63, 3.8) is 0 Å². The second-order valence-electron chi connectivity index (χ2n) is 5.22. The molecule has 0 unspecified atom stereocenters. The van der Waals surface area contributed by atoms with Crippen LogP contribution in [-0.2, 0) is 14.3 Å². The maximum Gasteiger partial charge on any atom is 0.308 e. The first-order valence-electron chi connectivity index (χ1n) is 7.81. The van der Waals surface area contributed by atoms with Crippen molar-refractivity contribution in [2.24, 2.45) is 0 Å². The molecular weight excluding hydrogens is 250 g/mol. The molecule has 0 fully saturated rings. The summed E-state index contributed by atoms with van der Waals surface area (Å²) in [5.74, 6) is -1.91. The molecule has 19 heavy (non-hydrogen) atoms. The highest BCUT2D eigenvalue weighted by Crippen LogP contribution is 2.09. The standard InChI is InChI=1S/C13H25NO5/c1-5-6-10(15)7-13(18)19-11(8-12(16)17)9-14(2,3)4/h10-11,15H,5-9H2,1-4H3/p+1/t10-,11-/m1/s1/i2D3. The SMILES string of the molecule is [2H]C([2H])([2H])[N+](C)(C)C[C@@H](CC(=O)O)OC(=O)C[C@H](O)CCC. The van der Waals surface area contributed by atoms with E-state index in [0.29, 0.717) is 12.8 Å². The number of aliphatic carboxylic acids is 1. The maximum atomic E-state index is 11.7. The molecule has 6 heteroatoms. The number of aliphatic hydroxyl groups is 1. The highest BCUT2D eigenvalue weighted by molar-refractivity contribution is 5.71. The number of aliphatic hydroxyl groups excluding tert-OH is 1. The molecule has 0 radical (unpaired) electrons. The number of carbonyl (C=O) groups excluding carboxylic acids is 1. The molecule has 6 nitrogen and oxygen atoms in total. The van der Waals surface area contributed by atoms with Gasteiger partial charge in [0.1, 0.15) is 6.54 Å². The Morgan fingerprint density at radius 3 is 2.47 bits per heavy atom. The number of esters is 1. The summed E-state index contributed by atoms with van der Waals surface area (Å²) in [6.45, 7) is -0.651. The molecule has 0 aromatic rings. The molecule has 0 aliphatic heterocycles. The van der Waals surface area contributed by atoms with E-state index in [1.165, 1.54) is 14.1 Å². The van der Waals surface area contributed by atoms with Gasteiger partial charge >= 0.3 is 11.9 Å². The fourth-order valence-corrected chi connectivity index (χ4v) is 1.71. The smallest absolute Gasteiger partial charge is 0.308 e. The number of carboxylic acid groups (broad SMARTS) is 1. The van der Waals surface area contributed by atoms with Gasteiger partial charge < -0.3 is 19.4 Å².